The molecule has 4 aromatic rings. The van der Waals surface area contributed by atoms with Crippen LogP contribution in [0.15, 0.2) is 53.7 Å². The number of halogens is 1. The molecule has 1 aromatic carbocycles. The molecule has 1 amide bonds. The first-order valence-corrected chi connectivity index (χ1v) is 13.0. The number of carbonyl (C=O) groups excluding carboxylic acids is 1. The average Bonchev–Trinajstić information content (AvgIpc) is 3.52. The highest BCUT2D eigenvalue weighted by atomic mass is 19.1. The topological polar surface area (TPSA) is 107 Å². The van der Waals surface area contributed by atoms with Gasteiger partial charge in [0.1, 0.15) is 5.76 Å². The Kier molecular flexibility index (Phi) is 7.49. The van der Waals surface area contributed by atoms with Gasteiger partial charge in [0, 0.05) is 55.2 Å². The van der Waals surface area contributed by atoms with Gasteiger partial charge in [-0.05, 0) is 43.0 Å². The van der Waals surface area contributed by atoms with E-state index >= 15 is 4.39 Å². The van der Waals surface area contributed by atoms with Crippen molar-refractivity contribution in [3.63, 3.8) is 0 Å². The van der Waals surface area contributed by atoms with Gasteiger partial charge in [0.25, 0.3) is 5.91 Å². The van der Waals surface area contributed by atoms with Crippen LogP contribution in [0.2, 0.25) is 0 Å². The van der Waals surface area contributed by atoms with Crippen molar-refractivity contribution in [2.24, 2.45) is 13.0 Å². The molecular weight excluding hydrogens is 503 g/mol. The van der Waals surface area contributed by atoms with Crippen LogP contribution in [0.4, 0.5) is 10.1 Å². The monoisotopic (exact) mass is 534 g/mol. The fourth-order valence-corrected chi connectivity index (χ4v) is 4.70. The lowest BCUT2D eigenvalue weighted by molar-refractivity contribution is -0.168. The molecule has 39 heavy (non-hydrogen) atoms. The minimum absolute atomic E-state index is 0.0410. The number of aryl methyl sites for hydroxylation is 1. The third-order valence-corrected chi connectivity index (χ3v) is 6.77. The van der Waals surface area contributed by atoms with Gasteiger partial charge in [-0.25, -0.2) is 4.39 Å². The largest absolute Gasteiger partial charge is 0.510 e. The number of ether oxygens (including phenoxy) is 2. The van der Waals surface area contributed by atoms with Crippen LogP contribution in [0, 0.1) is 11.7 Å². The molecule has 9 nitrogen and oxygen atoms in total. The molecule has 0 aliphatic carbocycles. The Labute approximate surface area is 224 Å². The van der Waals surface area contributed by atoms with Gasteiger partial charge in [0.2, 0.25) is 0 Å². The van der Waals surface area contributed by atoms with E-state index in [0.29, 0.717) is 28.6 Å². The van der Waals surface area contributed by atoms with Gasteiger partial charge in [-0.15, -0.1) is 0 Å². The molecular formula is C29H31FN4O5. The Morgan fingerprint density at radius 3 is 2.79 bits per heavy atom. The number of nitrogens with one attached hydrogen (secondary N) is 1. The molecule has 4 heterocycles. The summed E-state index contributed by atoms with van der Waals surface area (Å²) in [5.74, 6) is -1.39. The summed E-state index contributed by atoms with van der Waals surface area (Å²) in [6.07, 6.45) is 7.20. The summed E-state index contributed by atoms with van der Waals surface area (Å²) < 4.78 is 30.5. The van der Waals surface area contributed by atoms with E-state index in [1.807, 2.05) is 13.8 Å². The van der Waals surface area contributed by atoms with Gasteiger partial charge in [0.15, 0.2) is 17.5 Å². The molecule has 1 unspecified atom stereocenters. The maximum absolute atomic E-state index is 15.8. The number of amides is 1. The predicted molar refractivity (Wildman–Crippen MR) is 145 cm³/mol. The third kappa shape index (κ3) is 5.57. The van der Waals surface area contributed by atoms with Crippen molar-refractivity contribution in [3.05, 3.63) is 81.4 Å². The Hall–Kier alpha value is -4.02. The van der Waals surface area contributed by atoms with Crippen LogP contribution in [-0.2, 0) is 23.1 Å². The zero-order valence-corrected chi connectivity index (χ0v) is 22.1. The molecule has 0 bridgehead atoms. The Bertz CT molecular complexity index is 1640. The van der Waals surface area contributed by atoms with Crippen molar-refractivity contribution in [2.45, 2.75) is 46.0 Å². The van der Waals surface area contributed by atoms with E-state index in [1.165, 1.54) is 30.5 Å². The molecule has 3 aromatic heterocycles. The quantitative estimate of drug-likeness (QED) is 0.369. The smallest absolute Gasteiger partial charge is 0.257 e. The normalized spacial score (nSPS) is 16.6. The zero-order chi connectivity index (χ0) is 27.7. The molecule has 2 N–H and O–H groups in total. The molecule has 0 saturated carbocycles. The lowest BCUT2D eigenvalue weighted by Crippen LogP contribution is -2.22. The maximum atomic E-state index is 15.8. The lowest BCUT2D eigenvalue weighted by Gasteiger charge is -2.23. The SMILES string of the molecule is CC(C)C(O)=c1cc(C(=O)Nc2cc(COC3CCCCO3)cc(-c3cnn(C)c3)c2F)c2cc(=O)ccn12. The van der Waals surface area contributed by atoms with Crippen molar-refractivity contribution in [2.75, 3.05) is 11.9 Å². The number of hydrogen-bond acceptors (Lipinski definition) is 6. The number of aliphatic hydroxyl groups excluding tert-OH is 1. The summed E-state index contributed by atoms with van der Waals surface area (Å²) in [7, 11) is 1.74. The summed E-state index contributed by atoms with van der Waals surface area (Å²) >= 11 is 0. The van der Waals surface area contributed by atoms with Crippen LogP contribution in [0.1, 0.15) is 49.0 Å². The number of fused-ring (bicyclic) bond motifs is 1. The van der Waals surface area contributed by atoms with E-state index in [-0.39, 0.29) is 46.8 Å². The molecule has 1 fully saturated rings. The third-order valence-electron chi connectivity index (χ3n) is 6.77. The van der Waals surface area contributed by atoms with Crippen LogP contribution < -0.4 is 16.1 Å². The Morgan fingerprint density at radius 1 is 1.28 bits per heavy atom. The average molecular weight is 535 g/mol. The zero-order valence-electron chi connectivity index (χ0n) is 22.1. The summed E-state index contributed by atoms with van der Waals surface area (Å²) in [4.78, 5) is 25.6. The van der Waals surface area contributed by atoms with E-state index in [0.717, 1.165) is 19.3 Å². The van der Waals surface area contributed by atoms with Gasteiger partial charge in [0.05, 0.1) is 34.9 Å². The second kappa shape index (κ2) is 11.0. The van der Waals surface area contributed by atoms with E-state index in [2.05, 4.69) is 10.4 Å². The Morgan fingerprint density at radius 2 is 2.10 bits per heavy atom. The summed E-state index contributed by atoms with van der Waals surface area (Å²) in [5, 5.41) is 17.9. The number of hydrogen-bond donors (Lipinski definition) is 2. The van der Waals surface area contributed by atoms with E-state index in [9.17, 15) is 14.7 Å². The van der Waals surface area contributed by atoms with Gasteiger partial charge in [-0.2, -0.15) is 5.10 Å². The number of aromatic nitrogens is 3. The van der Waals surface area contributed by atoms with Gasteiger partial charge < -0.3 is 24.3 Å². The van der Waals surface area contributed by atoms with Crippen molar-refractivity contribution in [3.8, 4) is 11.1 Å². The van der Waals surface area contributed by atoms with Crippen LogP contribution >= 0.6 is 0 Å². The second-order valence-electron chi connectivity index (χ2n) is 10.1. The molecule has 1 aliphatic rings. The van der Waals surface area contributed by atoms with Crippen molar-refractivity contribution < 1.29 is 23.8 Å². The van der Waals surface area contributed by atoms with Crippen molar-refractivity contribution in [1.82, 2.24) is 14.2 Å². The maximum Gasteiger partial charge on any atom is 0.257 e. The van der Waals surface area contributed by atoms with Crippen molar-refractivity contribution >= 4 is 22.9 Å². The minimum atomic E-state index is -0.626. The second-order valence-corrected chi connectivity index (χ2v) is 10.1. The highest BCUT2D eigenvalue weighted by molar-refractivity contribution is 6.09. The highest BCUT2D eigenvalue weighted by Gasteiger charge is 2.21. The first kappa shape index (κ1) is 26.6. The molecule has 5 rings (SSSR count). The predicted octanol–water partition coefficient (Wildman–Crippen LogP) is 4.18. The number of rotatable bonds is 7. The standard InChI is InChI=1S/C29H31FN4O5/c1-17(2)28(36)25-13-22(24-12-20(35)7-8-34(24)25)29(37)32-23-11-18(16-39-26-6-4-5-9-38-26)10-21(27(23)30)19-14-31-33(3)15-19/h7-8,10-15,17,26,36H,4-6,9,16H2,1-3H3,(H,32,37). The first-order chi connectivity index (χ1) is 18.7. The summed E-state index contributed by atoms with van der Waals surface area (Å²) in [5.41, 5.74) is 1.57. The highest BCUT2D eigenvalue weighted by Crippen LogP contribution is 2.31. The van der Waals surface area contributed by atoms with Gasteiger partial charge >= 0.3 is 0 Å². The fraction of sp³-hybridized carbons (Fsp3) is 0.345. The molecule has 10 heteroatoms. The Balaban J connectivity index is 1.54. The molecule has 0 radical (unpaired) electrons. The number of benzene rings is 1. The summed E-state index contributed by atoms with van der Waals surface area (Å²) in [6, 6.07) is 7.39. The molecule has 1 aliphatic heterocycles. The van der Waals surface area contributed by atoms with E-state index in [4.69, 9.17) is 9.47 Å². The molecule has 0 spiro atoms. The summed E-state index contributed by atoms with van der Waals surface area (Å²) in [6.45, 7) is 4.44. The van der Waals surface area contributed by atoms with Gasteiger partial charge in [-0.1, -0.05) is 13.8 Å². The lowest BCUT2D eigenvalue weighted by atomic mass is 10.0. The molecule has 1 atom stereocenters. The van der Waals surface area contributed by atoms with Crippen LogP contribution in [0.3, 0.4) is 0 Å². The minimum Gasteiger partial charge on any atom is -0.510 e. The molecule has 1 saturated heterocycles. The van der Waals surface area contributed by atoms with E-state index < -0.39 is 11.7 Å². The number of pyridine rings is 1. The number of anilines is 1. The van der Waals surface area contributed by atoms with Crippen LogP contribution in [0.25, 0.3) is 22.4 Å². The van der Waals surface area contributed by atoms with E-state index in [1.54, 1.807) is 34.6 Å². The fourth-order valence-electron chi connectivity index (χ4n) is 4.70. The van der Waals surface area contributed by atoms with Crippen LogP contribution in [0.5, 0.6) is 0 Å². The first-order valence-electron chi connectivity index (χ1n) is 13.0. The number of carbonyl (C=O) groups is 1. The molecule has 204 valence electrons. The number of aliphatic hydroxyl groups is 1. The number of nitrogens with zero attached hydrogens (tertiary/aromatic N) is 3. The van der Waals surface area contributed by atoms with Gasteiger partial charge in [-0.3, -0.25) is 14.3 Å². The van der Waals surface area contributed by atoms with Crippen molar-refractivity contribution in [1.29, 1.82) is 0 Å². The van der Waals surface area contributed by atoms with Crippen LogP contribution in [-0.4, -0.2) is 38.1 Å².